The van der Waals surface area contributed by atoms with Gasteiger partial charge >= 0.3 is 11.1 Å². The van der Waals surface area contributed by atoms with Crippen molar-refractivity contribution in [1.82, 2.24) is 14.5 Å². The number of benzene rings is 2. The van der Waals surface area contributed by atoms with Gasteiger partial charge in [0.05, 0.1) is 11.0 Å². The molecule has 138 valence electrons. The first-order chi connectivity index (χ1) is 13.0. The minimum atomic E-state index is -0.721. The van der Waals surface area contributed by atoms with Crippen molar-refractivity contribution >= 4 is 16.9 Å². The summed E-state index contributed by atoms with van der Waals surface area (Å²) in [6.45, 7) is 5.99. The van der Waals surface area contributed by atoms with Gasteiger partial charge in [0.15, 0.2) is 0 Å². The van der Waals surface area contributed by atoms with E-state index in [0.29, 0.717) is 17.6 Å². The molecule has 0 radical (unpaired) electrons. The van der Waals surface area contributed by atoms with Crippen molar-refractivity contribution in [3.63, 3.8) is 0 Å². The Hall–Kier alpha value is -3.41. The van der Waals surface area contributed by atoms with Crippen LogP contribution in [0.1, 0.15) is 11.1 Å². The van der Waals surface area contributed by atoms with Crippen molar-refractivity contribution in [2.45, 2.75) is 26.6 Å². The van der Waals surface area contributed by atoms with Crippen LogP contribution in [0, 0.1) is 6.92 Å². The molecular weight excluding hydrogens is 342 g/mol. The summed E-state index contributed by atoms with van der Waals surface area (Å²) in [7, 11) is 0. The number of nitrogens with zero attached hydrogens (tertiary/aromatic N) is 2. The average molecular weight is 363 g/mol. The number of carbonyl (C=O) groups excluding carboxylic acids is 1. The lowest BCUT2D eigenvalue weighted by atomic mass is 10.1. The van der Waals surface area contributed by atoms with Crippen LogP contribution >= 0.6 is 0 Å². The second-order valence-corrected chi connectivity index (χ2v) is 6.29. The van der Waals surface area contributed by atoms with Crippen molar-refractivity contribution in [1.29, 1.82) is 0 Å². The fourth-order valence-corrected chi connectivity index (χ4v) is 3.04. The smallest absolute Gasteiger partial charge is 0.317 e. The highest BCUT2D eigenvalue weighted by molar-refractivity contribution is 5.80. The van der Waals surface area contributed by atoms with Crippen LogP contribution in [0.5, 0.6) is 0 Å². The molecule has 0 spiro atoms. The van der Waals surface area contributed by atoms with Crippen molar-refractivity contribution in [3.8, 4) is 0 Å². The van der Waals surface area contributed by atoms with E-state index in [0.717, 1.165) is 11.1 Å². The molecule has 6 heteroatoms. The zero-order valence-corrected chi connectivity index (χ0v) is 15.1. The lowest BCUT2D eigenvalue weighted by Gasteiger charge is -2.14. The maximum absolute atomic E-state index is 12.6. The molecule has 0 unspecified atom stereocenters. The largest absolute Gasteiger partial charge is 0.350 e. The number of hydrogen-bond acceptors (Lipinski definition) is 3. The van der Waals surface area contributed by atoms with E-state index in [4.69, 9.17) is 0 Å². The van der Waals surface area contributed by atoms with Gasteiger partial charge in [0.2, 0.25) is 5.91 Å². The number of fused-ring (bicyclic) bond motifs is 1. The van der Waals surface area contributed by atoms with Crippen LogP contribution in [-0.4, -0.2) is 15.0 Å². The van der Waals surface area contributed by atoms with E-state index in [-0.39, 0.29) is 19.0 Å². The molecule has 0 bridgehead atoms. The zero-order valence-electron chi connectivity index (χ0n) is 15.1. The number of amides is 1. The Kier molecular flexibility index (Phi) is 5.35. The molecule has 6 nitrogen and oxygen atoms in total. The summed E-state index contributed by atoms with van der Waals surface area (Å²) in [5.74, 6) is -0.327. The normalized spacial score (nSPS) is 10.7. The second-order valence-electron chi connectivity index (χ2n) is 6.29. The van der Waals surface area contributed by atoms with E-state index in [1.165, 1.54) is 9.13 Å². The molecule has 1 aromatic heterocycles. The van der Waals surface area contributed by atoms with Gasteiger partial charge in [-0.15, -0.1) is 6.58 Å². The first-order valence-corrected chi connectivity index (χ1v) is 8.67. The van der Waals surface area contributed by atoms with E-state index < -0.39 is 11.1 Å². The van der Waals surface area contributed by atoms with Crippen molar-refractivity contribution in [2.24, 2.45) is 0 Å². The maximum Gasteiger partial charge on any atom is 0.317 e. The van der Waals surface area contributed by atoms with Gasteiger partial charge in [0, 0.05) is 13.1 Å². The summed E-state index contributed by atoms with van der Waals surface area (Å²) in [5.41, 5.74) is 1.82. The summed E-state index contributed by atoms with van der Waals surface area (Å²) in [4.78, 5) is 37.4. The Morgan fingerprint density at radius 2 is 1.59 bits per heavy atom. The highest BCUT2D eigenvalue weighted by Gasteiger charge is 2.14. The lowest BCUT2D eigenvalue weighted by molar-refractivity contribution is -0.121. The molecule has 0 aliphatic heterocycles. The van der Waals surface area contributed by atoms with Gasteiger partial charge in [-0.05, 0) is 30.2 Å². The third kappa shape index (κ3) is 3.74. The highest BCUT2D eigenvalue weighted by Crippen LogP contribution is 2.11. The summed E-state index contributed by atoms with van der Waals surface area (Å²) >= 11 is 0. The third-order valence-corrected chi connectivity index (χ3v) is 4.49. The standard InChI is InChI=1S/C21H21N3O3/c1-3-12-23-17-10-6-7-11-18(17)24(21(27)20(23)26)14-19(25)22-13-16-9-5-4-8-15(16)2/h3-11H,1,12-14H2,2H3,(H,22,25). The molecule has 27 heavy (non-hydrogen) atoms. The van der Waals surface area contributed by atoms with Crippen LogP contribution in [0.15, 0.2) is 70.8 Å². The second kappa shape index (κ2) is 7.86. The van der Waals surface area contributed by atoms with Crippen LogP contribution in [0.2, 0.25) is 0 Å². The number of para-hydroxylation sites is 2. The van der Waals surface area contributed by atoms with Gasteiger partial charge in [-0.3, -0.25) is 23.5 Å². The molecule has 2 aromatic carbocycles. The van der Waals surface area contributed by atoms with Crippen LogP contribution in [-0.2, 0) is 24.4 Å². The maximum atomic E-state index is 12.6. The van der Waals surface area contributed by atoms with Crippen molar-refractivity contribution < 1.29 is 4.79 Å². The molecule has 3 rings (SSSR count). The summed E-state index contributed by atoms with van der Waals surface area (Å²) in [6, 6.07) is 14.8. The Morgan fingerprint density at radius 3 is 2.26 bits per heavy atom. The number of allylic oxidation sites excluding steroid dienone is 1. The van der Waals surface area contributed by atoms with Gasteiger partial charge in [0.25, 0.3) is 0 Å². The third-order valence-electron chi connectivity index (χ3n) is 4.49. The number of nitrogens with one attached hydrogen (secondary N) is 1. The van der Waals surface area contributed by atoms with Crippen LogP contribution in [0.25, 0.3) is 11.0 Å². The topological polar surface area (TPSA) is 73.1 Å². The molecule has 1 amide bonds. The van der Waals surface area contributed by atoms with E-state index in [1.807, 2.05) is 31.2 Å². The molecule has 3 aromatic rings. The van der Waals surface area contributed by atoms with Gasteiger partial charge in [0.1, 0.15) is 6.54 Å². The zero-order chi connectivity index (χ0) is 19.4. The van der Waals surface area contributed by atoms with Gasteiger partial charge < -0.3 is 5.32 Å². The number of hydrogen-bond donors (Lipinski definition) is 1. The Balaban J connectivity index is 1.92. The predicted octanol–water partition coefficient (Wildman–Crippen LogP) is 1.97. The van der Waals surface area contributed by atoms with E-state index in [9.17, 15) is 14.4 Å². The predicted molar refractivity (Wildman–Crippen MR) is 106 cm³/mol. The monoisotopic (exact) mass is 363 g/mol. The molecule has 0 saturated carbocycles. The van der Waals surface area contributed by atoms with E-state index >= 15 is 0 Å². The average Bonchev–Trinajstić information content (AvgIpc) is 2.68. The lowest BCUT2D eigenvalue weighted by Crippen LogP contribution is -2.43. The van der Waals surface area contributed by atoms with Crippen LogP contribution in [0.3, 0.4) is 0 Å². The molecule has 0 fully saturated rings. The van der Waals surface area contributed by atoms with Gasteiger partial charge in [-0.2, -0.15) is 0 Å². The minimum absolute atomic E-state index is 0.213. The first-order valence-electron chi connectivity index (χ1n) is 8.67. The summed E-state index contributed by atoms with van der Waals surface area (Å²) < 4.78 is 2.59. The molecule has 1 heterocycles. The van der Waals surface area contributed by atoms with Crippen molar-refractivity contribution in [3.05, 3.63) is 93.0 Å². The summed E-state index contributed by atoms with van der Waals surface area (Å²) in [5, 5.41) is 2.82. The number of aryl methyl sites for hydroxylation is 1. The van der Waals surface area contributed by atoms with Crippen LogP contribution in [0.4, 0.5) is 0 Å². The molecule has 0 aliphatic carbocycles. The van der Waals surface area contributed by atoms with Crippen LogP contribution < -0.4 is 16.4 Å². The van der Waals surface area contributed by atoms with E-state index in [2.05, 4.69) is 11.9 Å². The fraction of sp³-hybridized carbons (Fsp3) is 0.190. The van der Waals surface area contributed by atoms with Gasteiger partial charge in [-0.1, -0.05) is 42.5 Å². The quantitative estimate of drug-likeness (QED) is 0.538. The Bertz CT molecular complexity index is 1130. The molecule has 0 atom stereocenters. The minimum Gasteiger partial charge on any atom is -0.350 e. The first kappa shape index (κ1) is 18.4. The highest BCUT2D eigenvalue weighted by atomic mass is 16.2. The number of carbonyl (C=O) groups is 1. The van der Waals surface area contributed by atoms with Crippen molar-refractivity contribution in [2.75, 3.05) is 0 Å². The molecule has 0 aliphatic rings. The van der Waals surface area contributed by atoms with E-state index in [1.54, 1.807) is 30.3 Å². The molecule has 1 N–H and O–H groups in total. The summed E-state index contributed by atoms with van der Waals surface area (Å²) in [6.07, 6.45) is 1.56. The molecule has 0 saturated heterocycles. The Morgan fingerprint density at radius 1 is 1.00 bits per heavy atom. The number of rotatable bonds is 6. The number of aromatic nitrogens is 2. The SMILES string of the molecule is C=CCn1c(=O)c(=O)n(CC(=O)NCc2ccccc2C)c2ccccc21. The van der Waals surface area contributed by atoms with Gasteiger partial charge in [-0.25, -0.2) is 0 Å². The Labute approximate surface area is 156 Å². The fourth-order valence-electron chi connectivity index (χ4n) is 3.04. The molecular formula is C21H21N3O3.